The summed E-state index contributed by atoms with van der Waals surface area (Å²) in [5.74, 6) is 0.355. The number of likely N-dealkylation sites (N-methyl/N-ethyl adjacent to an activating group) is 1. The lowest BCUT2D eigenvalue weighted by atomic mass is 10.1. The number of hydrogen-bond acceptors (Lipinski definition) is 5. The van der Waals surface area contributed by atoms with E-state index in [4.69, 9.17) is 16.1 Å². The van der Waals surface area contributed by atoms with Crippen LogP contribution in [-0.4, -0.2) is 67.2 Å². The van der Waals surface area contributed by atoms with Crippen LogP contribution in [0.3, 0.4) is 0 Å². The first kappa shape index (κ1) is 18.9. The topological polar surface area (TPSA) is 61.6 Å². The van der Waals surface area contributed by atoms with Crippen molar-refractivity contribution in [3.8, 4) is 11.3 Å². The predicted octanol–water partition coefficient (Wildman–Crippen LogP) is 2.67. The molecule has 2 aromatic rings. The molecule has 1 fully saturated rings. The third-order valence-corrected chi connectivity index (χ3v) is 4.96. The van der Waals surface area contributed by atoms with Crippen LogP contribution in [0, 0.1) is 6.92 Å². The number of nitrogens with zero attached hydrogens (tertiary/aromatic N) is 3. The molecule has 140 valence electrons. The Morgan fingerprint density at radius 2 is 2.08 bits per heavy atom. The van der Waals surface area contributed by atoms with E-state index < -0.39 is 0 Å². The number of carbonyl (C=O) groups is 1. The van der Waals surface area contributed by atoms with Gasteiger partial charge in [-0.25, -0.2) is 0 Å². The molecule has 0 spiro atoms. The fraction of sp³-hybridized carbons (Fsp3) is 0.474. The lowest BCUT2D eigenvalue weighted by molar-refractivity contribution is 0.0948. The lowest BCUT2D eigenvalue weighted by Crippen LogP contribution is -2.45. The maximum atomic E-state index is 12.6. The maximum absolute atomic E-state index is 12.6. The van der Waals surface area contributed by atoms with Crippen LogP contribution < -0.4 is 5.32 Å². The van der Waals surface area contributed by atoms with E-state index in [0.717, 1.165) is 44.7 Å². The maximum Gasteiger partial charge on any atom is 0.257 e. The van der Waals surface area contributed by atoms with Crippen molar-refractivity contribution in [1.82, 2.24) is 20.3 Å². The zero-order valence-electron chi connectivity index (χ0n) is 15.3. The summed E-state index contributed by atoms with van der Waals surface area (Å²) in [7, 11) is 2.15. The zero-order valence-corrected chi connectivity index (χ0v) is 16.1. The smallest absolute Gasteiger partial charge is 0.257 e. The summed E-state index contributed by atoms with van der Waals surface area (Å²) in [6, 6.07) is 7.27. The second-order valence-corrected chi connectivity index (χ2v) is 7.16. The van der Waals surface area contributed by atoms with Gasteiger partial charge in [0.1, 0.15) is 17.0 Å². The van der Waals surface area contributed by atoms with Crippen molar-refractivity contribution >= 4 is 17.5 Å². The fourth-order valence-electron chi connectivity index (χ4n) is 3.14. The van der Waals surface area contributed by atoms with Gasteiger partial charge in [-0.2, -0.15) is 0 Å². The molecule has 26 heavy (non-hydrogen) atoms. The van der Waals surface area contributed by atoms with Gasteiger partial charge in [-0.3, -0.25) is 4.79 Å². The van der Waals surface area contributed by atoms with Crippen LogP contribution in [0.5, 0.6) is 0 Å². The molecule has 0 bridgehead atoms. The summed E-state index contributed by atoms with van der Waals surface area (Å²) in [4.78, 5) is 17.4. The molecule has 2 heterocycles. The quantitative estimate of drug-likeness (QED) is 0.785. The highest BCUT2D eigenvalue weighted by Crippen LogP contribution is 2.27. The van der Waals surface area contributed by atoms with Gasteiger partial charge in [-0.1, -0.05) is 28.9 Å². The largest absolute Gasteiger partial charge is 0.360 e. The van der Waals surface area contributed by atoms with Crippen LogP contribution in [-0.2, 0) is 0 Å². The molecular formula is C19H25ClN4O2. The number of amides is 1. The number of aryl methyl sites for hydroxylation is 1. The third-order valence-electron chi connectivity index (χ3n) is 4.72. The number of halogens is 1. The normalized spacial score (nSPS) is 16.0. The molecule has 0 atom stereocenters. The average Bonchev–Trinajstić information content (AvgIpc) is 3.02. The Balaban J connectivity index is 1.56. The monoisotopic (exact) mass is 376 g/mol. The fourth-order valence-corrected chi connectivity index (χ4v) is 3.33. The SMILES string of the molecule is Cc1onc(-c2cccc(Cl)c2)c1C(=O)NCCCN1CCN(C)CC1. The molecule has 0 radical (unpaired) electrons. The number of aromatic nitrogens is 1. The highest BCUT2D eigenvalue weighted by molar-refractivity contribution is 6.30. The Hall–Kier alpha value is -1.89. The molecule has 0 unspecified atom stereocenters. The summed E-state index contributed by atoms with van der Waals surface area (Å²) in [5, 5.41) is 7.64. The summed E-state index contributed by atoms with van der Waals surface area (Å²) in [6.07, 6.45) is 0.923. The van der Waals surface area contributed by atoms with Crippen LogP contribution in [0.2, 0.25) is 5.02 Å². The van der Waals surface area contributed by atoms with E-state index >= 15 is 0 Å². The summed E-state index contributed by atoms with van der Waals surface area (Å²) >= 11 is 6.05. The van der Waals surface area contributed by atoms with Crippen molar-refractivity contribution in [3.63, 3.8) is 0 Å². The molecular weight excluding hydrogens is 352 g/mol. The van der Waals surface area contributed by atoms with Gasteiger partial charge in [0, 0.05) is 43.3 Å². The van der Waals surface area contributed by atoms with Gasteiger partial charge in [-0.05, 0) is 39.1 Å². The molecule has 1 aromatic carbocycles. The second kappa shape index (κ2) is 8.66. The zero-order chi connectivity index (χ0) is 18.5. The Kier molecular flexibility index (Phi) is 6.29. The molecule has 3 rings (SSSR count). The van der Waals surface area contributed by atoms with E-state index in [1.54, 1.807) is 19.1 Å². The van der Waals surface area contributed by atoms with Crippen molar-refractivity contribution in [1.29, 1.82) is 0 Å². The first-order valence-electron chi connectivity index (χ1n) is 8.96. The van der Waals surface area contributed by atoms with E-state index in [2.05, 4.69) is 27.3 Å². The van der Waals surface area contributed by atoms with Crippen molar-refractivity contribution in [2.75, 3.05) is 46.3 Å². The van der Waals surface area contributed by atoms with Gasteiger partial charge in [0.15, 0.2) is 0 Å². The van der Waals surface area contributed by atoms with Crippen LogP contribution >= 0.6 is 11.6 Å². The minimum atomic E-state index is -0.155. The Morgan fingerprint density at radius 3 is 2.81 bits per heavy atom. The highest BCUT2D eigenvalue weighted by atomic mass is 35.5. The van der Waals surface area contributed by atoms with Gasteiger partial charge in [0.2, 0.25) is 0 Å². The molecule has 1 saturated heterocycles. The van der Waals surface area contributed by atoms with Crippen LogP contribution in [0.1, 0.15) is 22.5 Å². The van der Waals surface area contributed by atoms with Crippen LogP contribution in [0.4, 0.5) is 0 Å². The molecule has 1 N–H and O–H groups in total. The number of rotatable bonds is 6. The third kappa shape index (κ3) is 4.63. The van der Waals surface area contributed by atoms with Crippen molar-refractivity contribution in [2.45, 2.75) is 13.3 Å². The Bertz CT molecular complexity index is 754. The van der Waals surface area contributed by atoms with Gasteiger partial charge in [0.05, 0.1) is 0 Å². The van der Waals surface area contributed by atoms with Crippen molar-refractivity contribution < 1.29 is 9.32 Å². The van der Waals surface area contributed by atoms with Gasteiger partial charge >= 0.3 is 0 Å². The van der Waals surface area contributed by atoms with Crippen LogP contribution in [0.25, 0.3) is 11.3 Å². The highest BCUT2D eigenvalue weighted by Gasteiger charge is 2.21. The van der Waals surface area contributed by atoms with E-state index in [1.165, 1.54) is 0 Å². The first-order valence-corrected chi connectivity index (χ1v) is 9.33. The molecule has 7 heteroatoms. The standard InChI is InChI=1S/C19H25ClN4O2/c1-14-17(18(22-26-14)15-5-3-6-16(20)13-15)19(25)21-7-4-8-24-11-9-23(2)10-12-24/h3,5-6,13H,4,7-12H2,1-2H3,(H,21,25). The summed E-state index contributed by atoms with van der Waals surface area (Å²) < 4.78 is 5.26. The average molecular weight is 377 g/mol. The van der Waals surface area contributed by atoms with Gasteiger partial charge in [0.25, 0.3) is 5.91 Å². The van der Waals surface area contributed by atoms with Gasteiger partial charge < -0.3 is 19.6 Å². The summed E-state index contributed by atoms with van der Waals surface area (Å²) in [5.41, 5.74) is 1.78. The minimum Gasteiger partial charge on any atom is -0.360 e. The van der Waals surface area contributed by atoms with E-state index in [-0.39, 0.29) is 5.91 Å². The molecule has 1 aliphatic rings. The van der Waals surface area contributed by atoms with Crippen molar-refractivity contribution in [2.24, 2.45) is 0 Å². The van der Waals surface area contributed by atoms with Crippen LogP contribution in [0.15, 0.2) is 28.8 Å². The van der Waals surface area contributed by atoms with Crippen molar-refractivity contribution in [3.05, 3.63) is 40.6 Å². The second-order valence-electron chi connectivity index (χ2n) is 6.73. The Labute approximate surface area is 159 Å². The molecule has 6 nitrogen and oxygen atoms in total. The van der Waals surface area contributed by atoms with Gasteiger partial charge in [-0.15, -0.1) is 0 Å². The number of benzene rings is 1. The van der Waals surface area contributed by atoms with E-state index in [9.17, 15) is 4.79 Å². The number of piperazine rings is 1. The molecule has 0 saturated carbocycles. The number of nitrogens with one attached hydrogen (secondary N) is 1. The number of carbonyl (C=O) groups excluding carboxylic acids is 1. The molecule has 1 amide bonds. The van der Waals surface area contributed by atoms with E-state index in [0.29, 0.717) is 28.6 Å². The molecule has 1 aromatic heterocycles. The van der Waals surface area contributed by atoms with E-state index in [1.807, 2.05) is 12.1 Å². The molecule has 0 aliphatic carbocycles. The lowest BCUT2D eigenvalue weighted by Gasteiger charge is -2.32. The predicted molar refractivity (Wildman–Crippen MR) is 103 cm³/mol. The summed E-state index contributed by atoms with van der Waals surface area (Å²) in [6.45, 7) is 7.77. The Morgan fingerprint density at radius 1 is 1.31 bits per heavy atom. The minimum absolute atomic E-state index is 0.155. The molecule has 1 aliphatic heterocycles. The number of hydrogen-bond donors (Lipinski definition) is 1. The first-order chi connectivity index (χ1) is 12.5.